The number of hydrogen-bond donors (Lipinski definition) is 1. The van der Waals surface area contributed by atoms with E-state index in [2.05, 4.69) is 5.53 Å². The van der Waals surface area contributed by atoms with Gasteiger partial charge in [-0.2, -0.15) is 0 Å². The molecule has 2 aromatic rings. The third-order valence-electron chi connectivity index (χ3n) is 4.12. The number of carbonyl (C=O) groups is 1. The molecule has 0 aromatic heterocycles. The summed E-state index contributed by atoms with van der Waals surface area (Å²) >= 11 is 0. The van der Waals surface area contributed by atoms with Gasteiger partial charge >= 0.3 is 6.09 Å². The van der Waals surface area contributed by atoms with Gasteiger partial charge in [0.15, 0.2) is 0 Å². The first-order chi connectivity index (χ1) is 12.2. The SMILES string of the molecule is O=C1OCCN1CN1C=CN(c2ccc(-c3ccccc3)c(F)c2)N1. The number of ether oxygens (including phenoxy) is 1. The first kappa shape index (κ1) is 15.5. The summed E-state index contributed by atoms with van der Waals surface area (Å²) in [6.45, 7) is 1.33. The molecular weight excluding hydrogens is 323 g/mol. The summed E-state index contributed by atoms with van der Waals surface area (Å²) in [4.78, 5) is 13.1. The van der Waals surface area contributed by atoms with Gasteiger partial charge in [-0.25, -0.2) is 9.18 Å². The van der Waals surface area contributed by atoms with Crippen molar-refractivity contribution >= 4 is 11.8 Å². The number of halogens is 1. The Hall–Kier alpha value is -3.06. The van der Waals surface area contributed by atoms with Gasteiger partial charge in [-0.05, 0) is 23.8 Å². The van der Waals surface area contributed by atoms with Crippen LogP contribution in [0.25, 0.3) is 11.1 Å². The van der Waals surface area contributed by atoms with Gasteiger partial charge in [0.2, 0.25) is 0 Å². The van der Waals surface area contributed by atoms with Crippen LogP contribution in [0.5, 0.6) is 0 Å². The van der Waals surface area contributed by atoms with Crippen LogP contribution in [0, 0.1) is 5.82 Å². The number of amides is 1. The van der Waals surface area contributed by atoms with Crippen molar-refractivity contribution < 1.29 is 13.9 Å². The molecule has 25 heavy (non-hydrogen) atoms. The van der Waals surface area contributed by atoms with E-state index in [1.54, 1.807) is 33.4 Å². The van der Waals surface area contributed by atoms with Crippen molar-refractivity contribution in [3.63, 3.8) is 0 Å². The Balaban J connectivity index is 1.45. The Labute approximate surface area is 144 Å². The van der Waals surface area contributed by atoms with Gasteiger partial charge in [-0.15, -0.1) is 5.53 Å². The van der Waals surface area contributed by atoms with Gasteiger partial charge < -0.3 is 4.74 Å². The van der Waals surface area contributed by atoms with Crippen LogP contribution < -0.4 is 10.5 Å². The maximum absolute atomic E-state index is 14.5. The molecular formula is C18H17FN4O2. The molecule has 7 heteroatoms. The first-order valence-electron chi connectivity index (χ1n) is 7.98. The topological polar surface area (TPSA) is 48.1 Å². The lowest BCUT2D eigenvalue weighted by Crippen LogP contribution is -2.45. The normalized spacial score (nSPS) is 16.7. The Bertz CT molecular complexity index is 812. The van der Waals surface area contributed by atoms with E-state index < -0.39 is 0 Å². The largest absolute Gasteiger partial charge is 0.447 e. The van der Waals surface area contributed by atoms with Gasteiger partial charge in [0, 0.05) is 18.0 Å². The summed E-state index contributed by atoms with van der Waals surface area (Å²) in [7, 11) is 0. The molecule has 0 unspecified atom stereocenters. The number of rotatable bonds is 4. The van der Waals surface area contributed by atoms with E-state index in [1.165, 1.54) is 6.07 Å². The standard InChI is InChI=1S/C18H17FN4O2/c19-17-12-15(6-7-16(17)14-4-2-1-3-5-14)23-9-8-22(20-23)13-21-10-11-25-18(21)24/h1-9,12,20H,10-11,13H2. The van der Waals surface area contributed by atoms with E-state index in [0.717, 1.165) is 5.56 Å². The quantitative estimate of drug-likeness (QED) is 0.927. The van der Waals surface area contributed by atoms with Crippen LogP contribution in [0.4, 0.5) is 14.9 Å². The van der Waals surface area contributed by atoms with Crippen molar-refractivity contribution in [2.75, 3.05) is 24.8 Å². The molecule has 2 heterocycles. The second-order valence-corrected chi connectivity index (χ2v) is 5.79. The van der Waals surface area contributed by atoms with Crippen molar-refractivity contribution in [3.05, 3.63) is 66.7 Å². The molecule has 0 spiro atoms. The fourth-order valence-corrected chi connectivity index (χ4v) is 2.82. The predicted octanol–water partition coefficient (Wildman–Crippen LogP) is 2.92. The number of nitrogens with zero attached hydrogens (tertiary/aromatic N) is 3. The average Bonchev–Trinajstić information content (AvgIpc) is 3.26. The predicted molar refractivity (Wildman–Crippen MR) is 91.4 cm³/mol. The highest BCUT2D eigenvalue weighted by atomic mass is 19.1. The first-order valence-corrected chi connectivity index (χ1v) is 7.98. The summed E-state index contributed by atoms with van der Waals surface area (Å²) in [6, 6.07) is 14.5. The van der Waals surface area contributed by atoms with Gasteiger partial charge in [0.05, 0.1) is 12.2 Å². The summed E-state index contributed by atoms with van der Waals surface area (Å²) in [5.41, 5.74) is 5.15. The Morgan fingerprint density at radius 3 is 2.68 bits per heavy atom. The number of cyclic esters (lactones) is 1. The summed E-state index contributed by atoms with van der Waals surface area (Å²) < 4.78 is 19.4. The van der Waals surface area contributed by atoms with E-state index in [1.807, 2.05) is 36.4 Å². The molecule has 0 atom stereocenters. The Morgan fingerprint density at radius 1 is 1.12 bits per heavy atom. The smallest absolute Gasteiger partial charge is 0.411 e. The molecule has 0 saturated carbocycles. The van der Waals surface area contributed by atoms with Crippen LogP contribution in [0.2, 0.25) is 0 Å². The van der Waals surface area contributed by atoms with Crippen molar-refractivity contribution in [2.45, 2.75) is 0 Å². The maximum Gasteiger partial charge on any atom is 0.411 e. The minimum atomic E-state index is -0.327. The summed E-state index contributed by atoms with van der Waals surface area (Å²) in [6.07, 6.45) is 3.24. The molecule has 0 radical (unpaired) electrons. The molecule has 2 aliphatic rings. The highest BCUT2D eigenvalue weighted by Gasteiger charge is 2.25. The van der Waals surface area contributed by atoms with Gasteiger partial charge in [0.25, 0.3) is 0 Å². The number of nitrogens with one attached hydrogen (secondary N) is 1. The van der Waals surface area contributed by atoms with Crippen LogP contribution >= 0.6 is 0 Å². The van der Waals surface area contributed by atoms with Crippen molar-refractivity contribution in [1.29, 1.82) is 0 Å². The zero-order chi connectivity index (χ0) is 17.2. The van der Waals surface area contributed by atoms with E-state index in [0.29, 0.717) is 31.1 Å². The number of benzene rings is 2. The van der Waals surface area contributed by atoms with Crippen molar-refractivity contribution in [2.24, 2.45) is 0 Å². The Morgan fingerprint density at radius 2 is 1.96 bits per heavy atom. The molecule has 1 amide bonds. The van der Waals surface area contributed by atoms with Crippen molar-refractivity contribution in [3.8, 4) is 11.1 Å². The molecule has 1 saturated heterocycles. The lowest BCUT2D eigenvalue weighted by atomic mass is 10.0. The molecule has 2 aromatic carbocycles. The number of carbonyl (C=O) groups excluding carboxylic acids is 1. The van der Waals surface area contributed by atoms with Crippen LogP contribution in [0.3, 0.4) is 0 Å². The van der Waals surface area contributed by atoms with Crippen molar-refractivity contribution in [1.82, 2.24) is 15.4 Å². The average molecular weight is 340 g/mol. The molecule has 1 N–H and O–H groups in total. The van der Waals surface area contributed by atoms with E-state index >= 15 is 0 Å². The van der Waals surface area contributed by atoms with Crippen LogP contribution in [-0.2, 0) is 4.74 Å². The Kier molecular flexibility index (Phi) is 3.99. The van der Waals surface area contributed by atoms with E-state index in [4.69, 9.17) is 4.74 Å². The second-order valence-electron chi connectivity index (χ2n) is 5.79. The monoisotopic (exact) mass is 340 g/mol. The van der Waals surface area contributed by atoms with E-state index in [-0.39, 0.29) is 11.9 Å². The minimum Gasteiger partial charge on any atom is -0.447 e. The lowest BCUT2D eigenvalue weighted by Gasteiger charge is -2.25. The molecule has 0 aliphatic carbocycles. The fraction of sp³-hybridized carbons (Fsp3) is 0.167. The van der Waals surface area contributed by atoms with Gasteiger partial charge in [0.1, 0.15) is 19.1 Å². The molecule has 128 valence electrons. The molecule has 6 nitrogen and oxygen atoms in total. The molecule has 0 bridgehead atoms. The second kappa shape index (κ2) is 6.45. The van der Waals surface area contributed by atoms with Crippen LogP contribution in [0.15, 0.2) is 60.9 Å². The molecule has 1 fully saturated rings. The fourth-order valence-electron chi connectivity index (χ4n) is 2.82. The molecule has 2 aliphatic heterocycles. The number of hydrazine groups is 2. The number of hydrogen-bond acceptors (Lipinski definition) is 5. The van der Waals surface area contributed by atoms with Gasteiger partial charge in [-0.3, -0.25) is 14.9 Å². The summed E-state index contributed by atoms with van der Waals surface area (Å²) in [5.74, 6) is -0.291. The number of anilines is 1. The van der Waals surface area contributed by atoms with Gasteiger partial charge in [-0.1, -0.05) is 30.3 Å². The minimum absolute atomic E-state index is 0.291. The van der Waals surface area contributed by atoms with Crippen LogP contribution in [0.1, 0.15) is 0 Å². The van der Waals surface area contributed by atoms with Crippen LogP contribution in [-0.4, -0.2) is 35.8 Å². The highest BCUT2D eigenvalue weighted by Crippen LogP contribution is 2.27. The highest BCUT2D eigenvalue weighted by molar-refractivity contribution is 5.69. The lowest BCUT2D eigenvalue weighted by molar-refractivity contribution is 0.134. The summed E-state index contributed by atoms with van der Waals surface area (Å²) in [5, 5.41) is 3.43. The maximum atomic E-state index is 14.5. The zero-order valence-corrected chi connectivity index (χ0v) is 13.4. The molecule has 4 rings (SSSR count). The zero-order valence-electron chi connectivity index (χ0n) is 13.4. The third kappa shape index (κ3) is 3.14. The third-order valence-corrected chi connectivity index (χ3v) is 4.12. The van der Waals surface area contributed by atoms with E-state index in [9.17, 15) is 9.18 Å².